The summed E-state index contributed by atoms with van der Waals surface area (Å²) in [4.78, 5) is 0. The average Bonchev–Trinajstić information content (AvgIpc) is 2.02. The largest absolute Gasteiger partial charge is 0.313 e. The molecule has 0 aliphatic rings. The van der Waals surface area contributed by atoms with Crippen molar-refractivity contribution in [2.24, 2.45) is 11.8 Å². The Kier molecular flexibility index (Phi) is 6.97. The minimum absolute atomic E-state index is 0.667. The molecule has 0 spiro atoms. The van der Waals surface area contributed by atoms with Crippen molar-refractivity contribution in [2.45, 2.75) is 41.0 Å². The monoisotopic (exact) mass is 183 g/mol. The summed E-state index contributed by atoms with van der Waals surface area (Å²) < 4.78 is 0. The van der Waals surface area contributed by atoms with Gasteiger partial charge < -0.3 is 5.32 Å². The molecule has 0 unspecified atom stereocenters. The van der Waals surface area contributed by atoms with Crippen molar-refractivity contribution in [3.05, 3.63) is 11.6 Å². The summed E-state index contributed by atoms with van der Waals surface area (Å²) in [6.45, 7) is 13.4. The molecule has 0 saturated heterocycles. The molecular formula is C12H25N. The molecule has 78 valence electrons. The van der Waals surface area contributed by atoms with E-state index < -0.39 is 0 Å². The normalized spacial score (nSPS) is 13.0. The third-order valence-electron chi connectivity index (χ3n) is 2.04. The van der Waals surface area contributed by atoms with Crippen LogP contribution in [0.1, 0.15) is 41.0 Å². The molecule has 1 heteroatoms. The standard InChI is InChI=1S/C12H25N/c1-6-7-13-9-12(11(4)5)8-10(2)3/h8,10-11,13H,6-7,9H2,1-5H3. The van der Waals surface area contributed by atoms with Crippen LogP contribution < -0.4 is 5.32 Å². The summed E-state index contributed by atoms with van der Waals surface area (Å²) in [5, 5.41) is 3.45. The zero-order chi connectivity index (χ0) is 10.3. The van der Waals surface area contributed by atoms with Gasteiger partial charge in [0.1, 0.15) is 0 Å². The molecule has 0 aromatic carbocycles. The zero-order valence-corrected chi connectivity index (χ0v) is 9.85. The summed E-state index contributed by atoms with van der Waals surface area (Å²) in [5.41, 5.74) is 1.54. The van der Waals surface area contributed by atoms with Crippen LogP contribution in [-0.4, -0.2) is 13.1 Å². The molecule has 0 rings (SSSR count). The van der Waals surface area contributed by atoms with Gasteiger partial charge in [-0.2, -0.15) is 0 Å². The van der Waals surface area contributed by atoms with E-state index in [1.165, 1.54) is 6.42 Å². The third kappa shape index (κ3) is 6.83. The number of rotatable bonds is 6. The SMILES string of the molecule is CCCNCC(=CC(C)C)C(C)C. The maximum absolute atomic E-state index is 3.45. The second-order valence-corrected chi connectivity index (χ2v) is 4.32. The van der Waals surface area contributed by atoms with E-state index in [1.807, 2.05) is 0 Å². The van der Waals surface area contributed by atoms with Crippen molar-refractivity contribution >= 4 is 0 Å². The molecule has 0 aromatic rings. The highest BCUT2D eigenvalue weighted by atomic mass is 14.8. The number of allylic oxidation sites excluding steroid dienone is 1. The predicted molar refractivity (Wildman–Crippen MR) is 60.9 cm³/mol. The minimum Gasteiger partial charge on any atom is -0.313 e. The lowest BCUT2D eigenvalue weighted by Crippen LogP contribution is -2.20. The Labute approximate surface area is 83.6 Å². The molecular weight excluding hydrogens is 158 g/mol. The number of hydrogen-bond donors (Lipinski definition) is 1. The van der Waals surface area contributed by atoms with E-state index >= 15 is 0 Å². The molecule has 0 saturated carbocycles. The first-order valence-corrected chi connectivity index (χ1v) is 5.49. The first-order chi connectivity index (χ1) is 6.07. The molecule has 13 heavy (non-hydrogen) atoms. The molecule has 0 amide bonds. The predicted octanol–water partition coefficient (Wildman–Crippen LogP) is 3.22. The zero-order valence-electron chi connectivity index (χ0n) is 9.85. The van der Waals surface area contributed by atoms with Gasteiger partial charge in [0.2, 0.25) is 0 Å². The van der Waals surface area contributed by atoms with Crippen LogP contribution in [-0.2, 0) is 0 Å². The van der Waals surface area contributed by atoms with Gasteiger partial charge in [-0.3, -0.25) is 0 Å². The Morgan fingerprint density at radius 3 is 2.23 bits per heavy atom. The van der Waals surface area contributed by atoms with E-state index in [2.05, 4.69) is 46.0 Å². The number of nitrogens with one attached hydrogen (secondary N) is 1. The van der Waals surface area contributed by atoms with E-state index in [4.69, 9.17) is 0 Å². The Morgan fingerprint density at radius 1 is 1.23 bits per heavy atom. The van der Waals surface area contributed by atoms with E-state index in [-0.39, 0.29) is 0 Å². The Bertz CT molecular complexity index is 145. The van der Waals surface area contributed by atoms with E-state index in [0.29, 0.717) is 11.8 Å². The second-order valence-electron chi connectivity index (χ2n) is 4.32. The Balaban J connectivity index is 3.95. The highest BCUT2D eigenvalue weighted by Crippen LogP contribution is 2.11. The fraction of sp³-hybridized carbons (Fsp3) is 0.833. The van der Waals surface area contributed by atoms with Crippen LogP contribution in [0.5, 0.6) is 0 Å². The molecule has 0 aromatic heterocycles. The highest BCUT2D eigenvalue weighted by molar-refractivity contribution is 5.07. The van der Waals surface area contributed by atoms with Crippen LogP contribution in [0.15, 0.2) is 11.6 Å². The summed E-state index contributed by atoms with van der Waals surface area (Å²) in [7, 11) is 0. The van der Waals surface area contributed by atoms with Gasteiger partial charge in [-0.15, -0.1) is 0 Å². The smallest absolute Gasteiger partial charge is 0.0167 e. The lowest BCUT2D eigenvalue weighted by molar-refractivity contribution is 0.639. The van der Waals surface area contributed by atoms with Crippen molar-refractivity contribution in [2.75, 3.05) is 13.1 Å². The molecule has 0 bridgehead atoms. The van der Waals surface area contributed by atoms with Crippen molar-refractivity contribution in [3.63, 3.8) is 0 Å². The Hall–Kier alpha value is -0.300. The summed E-state index contributed by atoms with van der Waals surface area (Å²) in [5.74, 6) is 1.34. The lowest BCUT2D eigenvalue weighted by atomic mass is 9.99. The maximum atomic E-state index is 3.45. The van der Waals surface area contributed by atoms with Gasteiger partial charge in [0.05, 0.1) is 0 Å². The molecule has 1 nitrogen and oxygen atoms in total. The van der Waals surface area contributed by atoms with Crippen LogP contribution in [0.3, 0.4) is 0 Å². The summed E-state index contributed by atoms with van der Waals surface area (Å²) in [6.07, 6.45) is 3.60. The van der Waals surface area contributed by atoms with Crippen molar-refractivity contribution in [1.29, 1.82) is 0 Å². The molecule has 1 N–H and O–H groups in total. The van der Waals surface area contributed by atoms with Gasteiger partial charge in [-0.25, -0.2) is 0 Å². The van der Waals surface area contributed by atoms with Crippen molar-refractivity contribution in [3.8, 4) is 0 Å². The van der Waals surface area contributed by atoms with Crippen LogP contribution in [0.2, 0.25) is 0 Å². The molecule has 0 fully saturated rings. The summed E-state index contributed by atoms with van der Waals surface area (Å²) >= 11 is 0. The van der Waals surface area contributed by atoms with Gasteiger partial charge in [-0.05, 0) is 24.8 Å². The quantitative estimate of drug-likeness (QED) is 0.492. The molecule has 0 aliphatic heterocycles. The van der Waals surface area contributed by atoms with Crippen LogP contribution >= 0.6 is 0 Å². The topological polar surface area (TPSA) is 12.0 Å². The first kappa shape index (κ1) is 12.7. The molecule has 0 heterocycles. The maximum Gasteiger partial charge on any atom is 0.0167 e. The second kappa shape index (κ2) is 7.14. The fourth-order valence-electron chi connectivity index (χ4n) is 1.29. The fourth-order valence-corrected chi connectivity index (χ4v) is 1.29. The average molecular weight is 183 g/mol. The van der Waals surface area contributed by atoms with Gasteiger partial charge in [0.15, 0.2) is 0 Å². The molecule has 0 radical (unpaired) electrons. The van der Waals surface area contributed by atoms with Crippen LogP contribution in [0, 0.1) is 11.8 Å². The first-order valence-electron chi connectivity index (χ1n) is 5.49. The van der Waals surface area contributed by atoms with Crippen LogP contribution in [0.4, 0.5) is 0 Å². The van der Waals surface area contributed by atoms with Gasteiger partial charge in [0.25, 0.3) is 0 Å². The van der Waals surface area contributed by atoms with E-state index in [1.54, 1.807) is 5.57 Å². The van der Waals surface area contributed by atoms with E-state index in [9.17, 15) is 0 Å². The summed E-state index contributed by atoms with van der Waals surface area (Å²) in [6, 6.07) is 0. The van der Waals surface area contributed by atoms with Crippen LogP contribution in [0.25, 0.3) is 0 Å². The Morgan fingerprint density at radius 2 is 1.85 bits per heavy atom. The molecule has 0 aliphatic carbocycles. The lowest BCUT2D eigenvalue weighted by Gasteiger charge is -2.13. The van der Waals surface area contributed by atoms with Gasteiger partial charge in [-0.1, -0.05) is 46.3 Å². The highest BCUT2D eigenvalue weighted by Gasteiger charge is 2.02. The van der Waals surface area contributed by atoms with Crippen molar-refractivity contribution in [1.82, 2.24) is 5.32 Å². The number of hydrogen-bond acceptors (Lipinski definition) is 1. The van der Waals surface area contributed by atoms with Crippen molar-refractivity contribution < 1.29 is 0 Å². The van der Waals surface area contributed by atoms with Gasteiger partial charge >= 0.3 is 0 Å². The third-order valence-corrected chi connectivity index (χ3v) is 2.04. The van der Waals surface area contributed by atoms with Gasteiger partial charge in [0, 0.05) is 6.54 Å². The minimum atomic E-state index is 0.667. The molecule has 0 atom stereocenters. The van der Waals surface area contributed by atoms with E-state index in [0.717, 1.165) is 13.1 Å².